The van der Waals surface area contributed by atoms with Gasteiger partial charge in [0.15, 0.2) is 17.3 Å². The number of Topliss-reactive ketones (excluding diaryl/α,β-unsaturated/α-hetero) is 2. The Balaban J connectivity index is 1.76. The van der Waals surface area contributed by atoms with Crippen molar-refractivity contribution in [3.63, 3.8) is 0 Å². The van der Waals surface area contributed by atoms with E-state index in [0.717, 1.165) is 42.3 Å². The van der Waals surface area contributed by atoms with Crippen LogP contribution in [0, 0.1) is 5.92 Å². The molecule has 0 radical (unpaired) electrons. The van der Waals surface area contributed by atoms with E-state index in [9.17, 15) is 14.7 Å². The number of carbonyl (C=O) groups excluding carboxylic acids is 2. The van der Waals surface area contributed by atoms with E-state index >= 15 is 0 Å². The number of benzene rings is 1. The fourth-order valence-corrected chi connectivity index (χ4v) is 5.18. The first-order valence-electron chi connectivity index (χ1n) is 12.8. The van der Waals surface area contributed by atoms with Crippen molar-refractivity contribution in [1.29, 1.82) is 0 Å². The molecule has 186 valence electrons. The minimum atomic E-state index is -0.433. The largest absolute Gasteiger partial charge is 0.488 e. The maximum atomic E-state index is 13.6. The minimum absolute atomic E-state index is 0.0284. The Bertz CT molecular complexity index is 1210. The number of aliphatic hydroxyl groups is 1. The van der Waals surface area contributed by atoms with Gasteiger partial charge in [-0.2, -0.15) is 0 Å². The number of pyridine rings is 1. The Morgan fingerprint density at radius 1 is 1.14 bits per heavy atom. The van der Waals surface area contributed by atoms with Gasteiger partial charge in [-0.25, -0.2) is 4.98 Å². The number of hydrogen-bond donors (Lipinski definition) is 1. The molecule has 0 saturated heterocycles. The lowest BCUT2D eigenvalue weighted by Gasteiger charge is -2.27. The van der Waals surface area contributed by atoms with Crippen molar-refractivity contribution in [2.75, 3.05) is 0 Å². The summed E-state index contributed by atoms with van der Waals surface area (Å²) in [4.78, 5) is 31.4. The second-order valence-corrected chi connectivity index (χ2v) is 9.93. The fraction of sp³-hybridized carbons (Fsp3) is 0.483. The van der Waals surface area contributed by atoms with Gasteiger partial charge in [-0.05, 0) is 50.7 Å². The van der Waals surface area contributed by atoms with E-state index in [4.69, 9.17) is 9.72 Å². The van der Waals surface area contributed by atoms with Gasteiger partial charge < -0.3 is 14.4 Å². The van der Waals surface area contributed by atoms with E-state index < -0.39 is 6.10 Å². The molecule has 2 heterocycles. The zero-order valence-electron chi connectivity index (χ0n) is 21.2. The predicted octanol–water partition coefficient (Wildman–Crippen LogP) is 5.47. The molecule has 1 aliphatic carbocycles. The number of carbonyl (C=O) groups is 2. The smallest absolute Gasteiger partial charge is 0.183 e. The van der Waals surface area contributed by atoms with Crippen LogP contribution in [-0.4, -0.2) is 38.4 Å². The zero-order chi connectivity index (χ0) is 25.1. The number of ketones is 2. The summed E-state index contributed by atoms with van der Waals surface area (Å²) >= 11 is 0. The average molecular weight is 477 g/mol. The Morgan fingerprint density at radius 3 is 2.51 bits per heavy atom. The molecule has 0 spiro atoms. The third kappa shape index (κ3) is 5.32. The molecule has 1 saturated carbocycles. The Labute approximate surface area is 207 Å². The Kier molecular flexibility index (Phi) is 7.70. The third-order valence-electron chi connectivity index (χ3n) is 7.00. The number of nitrogens with zero attached hydrogens (tertiary/aromatic N) is 2. The van der Waals surface area contributed by atoms with E-state index in [1.165, 1.54) is 0 Å². The van der Waals surface area contributed by atoms with Gasteiger partial charge >= 0.3 is 0 Å². The lowest BCUT2D eigenvalue weighted by molar-refractivity contribution is 0.0577. The summed E-state index contributed by atoms with van der Waals surface area (Å²) in [7, 11) is 1.85. The quantitative estimate of drug-likeness (QED) is 0.414. The van der Waals surface area contributed by atoms with Crippen molar-refractivity contribution in [2.24, 2.45) is 13.0 Å². The average Bonchev–Trinajstić information content (AvgIpc) is 3.10. The van der Waals surface area contributed by atoms with E-state index in [-0.39, 0.29) is 30.0 Å². The highest BCUT2D eigenvalue weighted by Gasteiger charge is 2.30. The van der Waals surface area contributed by atoms with Crippen molar-refractivity contribution in [3.05, 3.63) is 58.9 Å². The molecular weight excluding hydrogens is 440 g/mol. The van der Waals surface area contributed by atoms with Crippen molar-refractivity contribution < 1.29 is 19.4 Å². The van der Waals surface area contributed by atoms with E-state index in [1.807, 2.05) is 68.8 Å². The molecule has 3 aromatic rings. The molecule has 6 nitrogen and oxygen atoms in total. The van der Waals surface area contributed by atoms with Crippen molar-refractivity contribution >= 4 is 22.6 Å². The summed E-state index contributed by atoms with van der Waals surface area (Å²) in [6.45, 7) is 5.90. The molecule has 1 fully saturated rings. The first-order chi connectivity index (χ1) is 16.8. The number of fused-ring (bicyclic) bond motifs is 1. The van der Waals surface area contributed by atoms with Gasteiger partial charge in [0.2, 0.25) is 0 Å². The first kappa shape index (κ1) is 25.1. The fourth-order valence-electron chi connectivity index (χ4n) is 5.18. The van der Waals surface area contributed by atoms with E-state index in [2.05, 4.69) is 0 Å². The van der Waals surface area contributed by atoms with Crippen molar-refractivity contribution in [1.82, 2.24) is 9.55 Å². The van der Waals surface area contributed by atoms with E-state index in [1.54, 1.807) is 0 Å². The standard InChI is InChI=1S/C29H36N2O4/c1-5-23-21(17-25(33)19-11-7-6-8-12-19)15-22-28(35-18(2)3)27(31(4)29(22)30-23)26(34)16-20-13-9-10-14-24(20)32/h6-8,11-12,15,18,20,24,32H,5,9-10,13-14,16-17H2,1-4H3. The van der Waals surface area contributed by atoms with E-state index in [0.29, 0.717) is 35.5 Å². The van der Waals surface area contributed by atoms with Crippen LogP contribution in [0.1, 0.15) is 85.0 Å². The number of aromatic nitrogens is 2. The number of aryl methyl sites for hydroxylation is 2. The van der Waals surface area contributed by atoms with Gasteiger partial charge in [0, 0.05) is 31.1 Å². The molecule has 35 heavy (non-hydrogen) atoms. The van der Waals surface area contributed by atoms with Crippen LogP contribution in [0.15, 0.2) is 36.4 Å². The molecule has 0 aliphatic heterocycles. The summed E-state index contributed by atoms with van der Waals surface area (Å²) < 4.78 is 8.03. The number of rotatable bonds is 9. The van der Waals surface area contributed by atoms with Crippen LogP contribution in [-0.2, 0) is 19.9 Å². The van der Waals surface area contributed by atoms with Gasteiger partial charge in [0.05, 0.1) is 17.6 Å². The number of ether oxygens (including phenoxy) is 1. The number of hydrogen-bond acceptors (Lipinski definition) is 5. The second kappa shape index (κ2) is 10.7. The Hall–Kier alpha value is -2.99. The highest BCUT2D eigenvalue weighted by atomic mass is 16.5. The molecule has 1 aliphatic rings. The van der Waals surface area contributed by atoms with Crippen molar-refractivity contribution in [2.45, 2.75) is 77.9 Å². The zero-order valence-corrected chi connectivity index (χ0v) is 21.2. The molecule has 1 aromatic carbocycles. The maximum absolute atomic E-state index is 13.6. The van der Waals surface area contributed by atoms with Crippen LogP contribution in [0.4, 0.5) is 0 Å². The van der Waals surface area contributed by atoms with Gasteiger partial charge in [-0.3, -0.25) is 9.59 Å². The van der Waals surface area contributed by atoms with Gasteiger partial charge in [-0.1, -0.05) is 50.1 Å². The second-order valence-electron chi connectivity index (χ2n) is 9.93. The van der Waals surface area contributed by atoms with Crippen LogP contribution >= 0.6 is 0 Å². The maximum Gasteiger partial charge on any atom is 0.183 e. The van der Waals surface area contributed by atoms with Crippen molar-refractivity contribution in [3.8, 4) is 5.75 Å². The van der Waals surface area contributed by atoms with Gasteiger partial charge in [0.25, 0.3) is 0 Å². The van der Waals surface area contributed by atoms with Crippen LogP contribution in [0.2, 0.25) is 0 Å². The first-order valence-corrected chi connectivity index (χ1v) is 12.8. The van der Waals surface area contributed by atoms with Crippen LogP contribution in [0.3, 0.4) is 0 Å². The normalized spacial score (nSPS) is 18.2. The highest BCUT2D eigenvalue weighted by Crippen LogP contribution is 2.37. The topological polar surface area (TPSA) is 81.4 Å². The van der Waals surface area contributed by atoms with Crippen LogP contribution in [0.25, 0.3) is 11.0 Å². The summed E-state index contributed by atoms with van der Waals surface area (Å²) in [6, 6.07) is 11.3. The molecule has 0 bridgehead atoms. The van der Waals surface area contributed by atoms with Crippen LogP contribution in [0.5, 0.6) is 5.75 Å². The Morgan fingerprint density at radius 2 is 1.86 bits per heavy atom. The number of aliphatic hydroxyl groups excluding tert-OH is 1. The van der Waals surface area contributed by atoms with Gasteiger partial charge in [0.1, 0.15) is 11.3 Å². The lowest BCUT2D eigenvalue weighted by atomic mass is 9.83. The van der Waals surface area contributed by atoms with Gasteiger partial charge in [-0.15, -0.1) is 0 Å². The molecule has 2 aromatic heterocycles. The predicted molar refractivity (Wildman–Crippen MR) is 137 cm³/mol. The molecule has 1 N–H and O–H groups in total. The monoisotopic (exact) mass is 476 g/mol. The highest BCUT2D eigenvalue weighted by molar-refractivity contribution is 6.05. The van der Waals surface area contributed by atoms with Crippen LogP contribution < -0.4 is 4.74 Å². The summed E-state index contributed by atoms with van der Waals surface area (Å²) in [5.74, 6) is 0.495. The molecule has 2 unspecified atom stereocenters. The summed E-state index contributed by atoms with van der Waals surface area (Å²) in [5, 5.41) is 11.2. The molecule has 0 amide bonds. The SMILES string of the molecule is CCc1nc2c(cc1CC(=O)c1ccccc1)c(OC(C)C)c(C(=O)CC1CCCCC1O)n2C. The third-order valence-corrected chi connectivity index (χ3v) is 7.00. The minimum Gasteiger partial charge on any atom is -0.488 e. The molecule has 2 atom stereocenters. The lowest BCUT2D eigenvalue weighted by Crippen LogP contribution is -2.27. The molecular formula is C29H36N2O4. The summed E-state index contributed by atoms with van der Waals surface area (Å²) in [6.07, 6.45) is 4.31. The summed E-state index contributed by atoms with van der Waals surface area (Å²) in [5.41, 5.74) is 3.55. The molecule has 6 heteroatoms. The molecule has 4 rings (SSSR count).